The third-order valence-corrected chi connectivity index (χ3v) is 3.20. The summed E-state index contributed by atoms with van der Waals surface area (Å²) in [6, 6.07) is 6.84. The van der Waals surface area contributed by atoms with Gasteiger partial charge in [0.05, 0.1) is 11.3 Å². The molecule has 1 atom stereocenters. The number of carbonyl (C=O) groups is 2. The Morgan fingerprint density at radius 3 is 2.61 bits per heavy atom. The van der Waals surface area contributed by atoms with E-state index in [9.17, 15) is 9.59 Å². The van der Waals surface area contributed by atoms with Crippen molar-refractivity contribution in [2.24, 2.45) is 0 Å². The summed E-state index contributed by atoms with van der Waals surface area (Å²) in [7, 11) is 0. The molecular formula is C14H18N2O2. The number of nitrogens with zero attached hydrogens (tertiary/aromatic N) is 1. The third kappa shape index (κ3) is 2.10. The molecule has 0 aliphatic carbocycles. The monoisotopic (exact) mass is 246 g/mol. The molecule has 1 aromatic rings. The van der Waals surface area contributed by atoms with Crippen molar-refractivity contribution in [1.29, 1.82) is 0 Å². The number of benzene rings is 1. The summed E-state index contributed by atoms with van der Waals surface area (Å²) in [6.45, 7) is 4.51. The van der Waals surface area contributed by atoms with Gasteiger partial charge in [0.2, 0.25) is 5.91 Å². The summed E-state index contributed by atoms with van der Waals surface area (Å²) >= 11 is 0. The minimum Gasteiger partial charge on any atom is -0.340 e. The molecule has 1 aromatic carbocycles. The summed E-state index contributed by atoms with van der Waals surface area (Å²) in [5, 5.41) is 2.82. The minimum absolute atomic E-state index is 0.0161. The summed E-state index contributed by atoms with van der Waals surface area (Å²) in [5.41, 5.74) is 1.28. The van der Waals surface area contributed by atoms with Gasteiger partial charge in [0, 0.05) is 6.54 Å². The lowest BCUT2D eigenvalue weighted by molar-refractivity contribution is -0.120. The maximum atomic E-state index is 12.4. The number of anilines is 1. The van der Waals surface area contributed by atoms with Crippen LogP contribution in [0.1, 0.15) is 37.0 Å². The van der Waals surface area contributed by atoms with Crippen molar-refractivity contribution in [3.8, 4) is 0 Å². The van der Waals surface area contributed by atoms with Crippen LogP contribution >= 0.6 is 0 Å². The van der Waals surface area contributed by atoms with E-state index in [1.54, 1.807) is 11.0 Å². The first-order valence-electron chi connectivity index (χ1n) is 6.40. The second kappa shape index (κ2) is 5.21. The van der Waals surface area contributed by atoms with Crippen molar-refractivity contribution in [3.63, 3.8) is 0 Å². The van der Waals surface area contributed by atoms with E-state index in [0.717, 1.165) is 6.42 Å². The number of likely N-dealkylation sites (N-methyl/N-ethyl adjacent to an activating group) is 1. The number of rotatable bonds is 3. The van der Waals surface area contributed by atoms with Gasteiger partial charge < -0.3 is 10.2 Å². The average molecular weight is 246 g/mol. The molecule has 0 aromatic heterocycles. The normalized spacial score (nSPS) is 19.2. The highest BCUT2D eigenvalue weighted by Crippen LogP contribution is 2.24. The fourth-order valence-corrected chi connectivity index (χ4v) is 2.32. The molecule has 0 fully saturated rings. The molecule has 4 heteroatoms. The Labute approximate surface area is 107 Å². The van der Waals surface area contributed by atoms with Crippen molar-refractivity contribution in [2.45, 2.75) is 32.7 Å². The van der Waals surface area contributed by atoms with Crippen molar-refractivity contribution >= 4 is 17.5 Å². The highest BCUT2D eigenvalue weighted by molar-refractivity contribution is 6.10. The molecule has 0 bridgehead atoms. The Bertz CT molecular complexity index is 471. The highest BCUT2D eigenvalue weighted by atomic mass is 16.2. The molecule has 0 spiro atoms. The van der Waals surface area contributed by atoms with Crippen molar-refractivity contribution in [3.05, 3.63) is 29.8 Å². The van der Waals surface area contributed by atoms with Crippen LogP contribution in [0, 0.1) is 0 Å². The maximum Gasteiger partial charge on any atom is 0.254 e. The van der Waals surface area contributed by atoms with Gasteiger partial charge in [-0.3, -0.25) is 9.59 Å². The number of para-hydroxylation sites is 1. The van der Waals surface area contributed by atoms with E-state index in [-0.39, 0.29) is 11.8 Å². The van der Waals surface area contributed by atoms with Gasteiger partial charge in [0.25, 0.3) is 5.91 Å². The number of fused-ring (bicyclic) bond motifs is 1. The maximum absolute atomic E-state index is 12.4. The van der Waals surface area contributed by atoms with Crippen molar-refractivity contribution < 1.29 is 9.59 Å². The second-order valence-electron chi connectivity index (χ2n) is 4.41. The van der Waals surface area contributed by atoms with Gasteiger partial charge in [-0.05, 0) is 25.5 Å². The molecule has 4 nitrogen and oxygen atoms in total. The molecule has 18 heavy (non-hydrogen) atoms. The molecule has 0 saturated heterocycles. The summed E-state index contributed by atoms with van der Waals surface area (Å²) in [4.78, 5) is 26.2. The van der Waals surface area contributed by atoms with Gasteiger partial charge in [-0.2, -0.15) is 0 Å². The minimum atomic E-state index is -0.408. The number of nitrogens with one attached hydrogen (secondary N) is 1. The van der Waals surface area contributed by atoms with Gasteiger partial charge in [-0.15, -0.1) is 0 Å². The average Bonchev–Trinajstić information content (AvgIpc) is 2.48. The summed E-state index contributed by atoms with van der Waals surface area (Å²) in [5.74, 6) is -0.175. The number of hydrogen-bond donors (Lipinski definition) is 1. The van der Waals surface area contributed by atoms with Gasteiger partial charge >= 0.3 is 0 Å². The van der Waals surface area contributed by atoms with E-state index in [2.05, 4.69) is 5.32 Å². The Hall–Kier alpha value is -1.84. The first kappa shape index (κ1) is 12.6. The predicted octanol–water partition coefficient (Wildman–Crippen LogP) is 1.95. The predicted molar refractivity (Wildman–Crippen MR) is 70.6 cm³/mol. The zero-order valence-electron chi connectivity index (χ0n) is 10.8. The molecule has 96 valence electrons. The smallest absolute Gasteiger partial charge is 0.254 e. The number of hydrogen-bond acceptors (Lipinski definition) is 2. The molecule has 0 saturated carbocycles. The van der Waals surface area contributed by atoms with E-state index in [1.165, 1.54) is 0 Å². The standard InChI is InChI=1S/C14H18N2O2/c1-3-7-11-14(18)16(4-2)12-9-6-5-8-10(12)13(17)15-11/h5-6,8-9,11H,3-4,7H2,1-2H3,(H,15,17). The Morgan fingerprint density at radius 2 is 1.94 bits per heavy atom. The number of amides is 2. The Balaban J connectivity index is 2.46. The van der Waals surface area contributed by atoms with Crippen molar-refractivity contribution in [2.75, 3.05) is 11.4 Å². The van der Waals surface area contributed by atoms with Crippen LogP contribution in [0.5, 0.6) is 0 Å². The van der Waals surface area contributed by atoms with Crippen LogP contribution in [0.15, 0.2) is 24.3 Å². The van der Waals surface area contributed by atoms with Crippen LogP contribution < -0.4 is 10.2 Å². The fourth-order valence-electron chi connectivity index (χ4n) is 2.32. The summed E-state index contributed by atoms with van der Waals surface area (Å²) in [6.07, 6.45) is 1.54. The molecule has 0 radical (unpaired) electrons. The van der Waals surface area contributed by atoms with Crippen LogP contribution in [0.2, 0.25) is 0 Å². The van der Waals surface area contributed by atoms with Gasteiger partial charge in [-0.1, -0.05) is 25.5 Å². The molecule has 1 aliphatic rings. The molecule has 2 amide bonds. The van der Waals surface area contributed by atoms with Crippen LogP contribution in [-0.4, -0.2) is 24.4 Å². The largest absolute Gasteiger partial charge is 0.340 e. The lowest BCUT2D eigenvalue weighted by Crippen LogP contribution is -2.45. The fraction of sp³-hybridized carbons (Fsp3) is 0.429. The van der Waals surface area contributed by atoms with Gasteiger partial charge in [0.15, 0.2) is 0 Å². The van der Waals surface area contributed by atoms with Crippen LogP contribution in [-0.2, 0) is 4.79 Å². The lowest BCUT2D eigenvalue weighted by Gasteiger charge is -2.23. The third-order valence-electron chi connectivity index (χ3n) is 3.20. The first-order valence-corrected chi connectivity index (χ1v) is 6.40. The lowest BCUT2D eigenvalue weighted by atomic mass is 10.1. The quantitative estimate of drug-likeness (QED) is 0.886. The van der Waals surface area contributed by atoms with Gasteiger partial charge in [-0.25, -0.2) is 0 Å². The number of carbonyl (C=O) groups excluding carboxylic acids is 2. The topological polar surface area (TPSA) is 49.4 Å². The zero-order valence-corrected chi connectivity index (χ0v) is 10.8. The molecule has 1 aliphatic heterocycles. The zero-order chi connectivity index (χ0) is 13.1. The van der Waals surface area contributed by atoms with E-state index < -0.39 is 6.04 Å². The molecular weight excluding hydrogens is 228 g/mol. The van der Waals surface area contributed by atoms with Gasteiger partial charge in [0.1, 0.15) is 6.04 Å². The van der Waals surface area contributed by atoms with E-state index >= 15 is 0 Å². The Morgan fingerprint density at radius 1 is 1.22 bits per heavy atom. The highest BCUT2D eigenvalue weighted by Gasteiger charge is 2.31. The summed E-state index contributed by atoms with van der Waals surface area (Å²) < 4.78 is 0. The van der Waals surface area contributed by atoms with E-state index in [4.69, 9.17) is 0 Å². The second-order valence-corrected chi connectivity index (χ2v) is 4.41. The SMILES string of the molecule is CCCC1NC(=O)c2ccccc2N(CC)C1=O. The Kier molecular flexibility index (Phi) is 3.65. The first-order chi connectivity index (χ1) is 8.69. The molecule has 1 N–H and O–H groups in total. The van der Waals surface area contributed by atoms with E-state index in [0.29, 0.717) is 24.2 Å². The van der Waals surface area contributed by atoms with E-state index in [1.807, 2.05) is 32.0 Å². The molecule has 1 heterocycles. The molecule has 1 unspecified atom stereocenters. The molecule has 2 rings (SSSR count). The van der Waals surface area contributed by atoms with Crippen LogP contribution in [0.4, 0.5) is 5.69 Å². The van der Waals surface area contributed by atoms with Crippen molar-refractivity contribution in [1.82, 2.24) is 5.32 Å². The van der Waals surface area contributed by atoms with Crippen LogP contribution in [0.3, 0.4) is 0 Å². The van der Waals surface area contributed by atoms with Crippen LogP contribution in [0.25, 0.3) is 0 Å².